The van der Waals surface area contributed by atoms with Gasteiger partial charge in [-0.25, -0.2) is 20.0 Å². The summed E-state index contributed by atoms with van der Waals surface area (Å²) < 4.78 is 2.36. The van der Waals surface area contributed by atoms with Gasteiger partial charge in [0.2, 0.25) is 0 Å². The lowest BCUT2D eigenvalue weighted by atomic mass is 10.00. The zero-order valence-corrected chi connectivity index (χ0v) is 38.2. The smallest absolute Gasteiger partial charge is 0.162 e. The van der Waals surface area contributed by atoms with Gasteiger partial charge in [-0.2, -0.15) is 0 Å². The second-order valence-electron chi connectivity index (χ2n) is 16.7. The first-order chi connectivity index (χ1) is 33.9. The number of hydrogen-bond donors (Lipinski definition) is 1. The molecule has 0 atom stereocenters. The molecule has 0 radical (unpaired) electrons. The van der Waals surface area contributed by atoms with Crippen molar-refractivity contribution in [1.29, 1.82) is 0 Å². The number of fused-ring (bicyclic) bond motifs is 3. The van der Waals surface area contributed by atoms with E-state index in [2.05, 4.69) is 133 Å². The lowest BCUT2D eigenvalue weighted by Gasteiger charge is -2.11. The van der Waals surface area contributed by atoms with Crippen molar-refractivity contribution in [3.63, 3.8) is 0 Å². The monoisotopic (exact) mass is 888 g/mol. The number of hydrogen-bond acceptors (Lipinski definition) is 2. The molecule has 0 bridgehead atoms. The Kier molecular flexibility index (Phi) is 12.4. The summed E-state index contributed by atoms with van der Waals surface area (Å²) in [6.07, 6.45) is 0. The first-order valence-electron chi connectivity index (χ1n) is 22.9. The van der Waals surface area contributed by atoms with Gasteiger partial charge < -0.3 is 10.3 Å². The van der Waals surface area contributed by atoms with Crippen LogP contribution in [0.4, 0.5) is 0 Å². The zero-order chi connectivity index (χ0) is 47.1. The van der Waals surface area contributed by atoms with Crippen molar-refractivity contribution in [3.8, 4) is 27.9 Å². The summed E-state index contributed by atoms with van der Waals surface area (Å²) >= 11 is 0. The Hall–Kier alpha value is -9.26. The van der Waals surface area contributed by atoms with Gasteiger partial charge in [-0.15, -0.1) is 0 Å². The largest absolute Gasteiger partial charge is 0.383 e. The molecule has 0 amide bonds. The van der Waals surface area contributed by atoms with Crippen LogP contribution in [0.5, 0.6) is 0 Å². The van der Waals surface area contributed by atoms with Gasteiger partial charge in [-0.3, -0.25) is 0 Å². The van der Waals surface area contributed by atoms with Crippen LogP contribution in [0.25, 0.3) is 61.1 Å². The van der Waals surface area contributed by atoms with E-state index in [0.717, 1.165) is 78.1 Å². The molecule has 9 aromatic carbocycles. The fourth-order valence-corrected chi connectivity index (χ4v) is 8.50. The Morgan fingerprint density at radius 2 is 0.725 bits per heavy atom. The summed E-state index contributed by atoms with van der Waals surface area (Å²) in [6, 6.07) is 80.6. The van der Waals surface area contributed by atoms with Gasteiger partial charge in [0.25, 0.3) is 0 Å². The summed E-state index contributed by atoms with van der Waals surface area (Å²) in [6.45, 7) is 10.7. The molecular formula is C63H48N6. The molecular weight excluding hydrogens is 841 g/mol. The quantitative estimate of drug-likeness (QED) is 0.102. The van der Waals surface area contributed by atoms with E-state index in [4.69, 9.17) is 25.7 Å². The zero-order valence-electron chi connectivity index (χ0n) is 38.2. The molecule has 0 aliphatic heterocycles. The molecule has 10 rings (SSSR count). The number of nitrogens with two attached hydrogens (primary N) is 1. The Morgan fingerprint density at radius 1 is 0.362 bits per heavy atom. The lowest BCUT2D eigenvalue weighted by molar-refractivity contribution is 1.18. The van der Waals surface area contributed by atoms with Gasteiger partial charge in [0.05, 0.1) is 22.4 Å². The van der Waals surface area contributed by atoms with Crippen molar-refractivity contribution in [2.24, 2.45) is 25.7 Å². The normalized spacial score (nSPS) is 12.4. The predicted molar refractivity (Wildman–Crippen MR) is 291 cm³/mol. The average molecular weight is 889 g/mol. The van der Waals surface area contributed by atoms with Crippen molar-refractivity contribution in [3.05, 3.63) is 283 Å². The minimum Gasteiger partial charge on any atom is -0.383 e. The van der Waals surface area contributed by atoms with Crippen molar-refractivity contribution in [2.45, 2.75) is 6.92 Å². The van der Waals surface area contributed by atoms with Gasteiger partial charge >= 0.3 is 0 Å². The Balaban J connectivity index is 0.982. The highest BCUT2D eigenvalue weighted by atomic mass is 15.0. The molecule has 0 saturated carbocycles. The summed E-state index contributed by atoms with van der Waals surface area (Å²) in [7, 11) is 0. The number of rotatable bonds is 11. The average Bonchev–Trinajstić information content (AvgIpc) is 3.74. The van der Waals surface area contributed by atoms with Gasteiger partial charge in [0, 0.05) is 38.9 Å². The second-order valence-corrected chi connectivity index (χ2v) is 16.7. The van der Waals surface area contributed by atoms with E-state index in [9.17, 15) is 0 Å². The van der Waals surface area contributed by atoms with Gasteiger partial charge in [-0.1, -0.05) is 225 Å². The molecule has 0 saturated heterocycles. The summed E-state index contributed by atoms with van der Waals surface area (Å²) in [5, 5.41) is 2.34. The van der Waals surface area contributed by atoms with Crippen molar-refractivity contribution in [2.75, 3.05) is 0 Å². The fraction of sp³-hybridized carbons (Fsp3) is 0.0159. The van der Waals surface area contributed by atoms with Crippen molar-refractivity contribution >= 4 is 56.4 Å². The van der Waals surface area contributed by atoms with Gasteiger partial charge in [-0.05, 0) is 70.1 Å². The van der Waals surface area contributed by atoms with Gasteiger partial charge in [0.15, 0.2) is 11.7 Å². The van der Waals surface area contributed by atoms with Gasteiger partial charge in [0.1, 0.15) is 5.84 Å². The Morgan fingerprint density at radius 3 is 1.22 bits per heavy atom. The number of para-hydroxylation sites is 1. The molecule has 0 aliphatic carbocycles. The van der Waals surface area contributed by atoms with Crippen LogP contribution in [0.1, 0.15) is 40.3 Å². The van der Waals surface area contributed by atoms with E-state index >= 15 is 0 Å². The third kappa shape index (κ3) is 9.55. The molecule has 0 aliphatic rings. The Bertz CT molecular complexity index is 3590. The van der Waals surface area contributed by atoms with E-state index in [1.807, 2.05) is 128 Å². The molecule has 69 heavy (non-hydrogen) atoms. The van der Waals surface area contributed by atoms with E-state index < -0.39 is 0 Å². The summed E-state index contributed by atoms with van der Waals surface area (Å²) in [4.78, 5) is 19.7. The van der Waals surface area contributed by atoms with Crippen LogP contribution in [0.2, 0.25) is 0 Å². The molecule has 1 aromatic heterocycles. The molecule has 10 aromatic rings. The molecule has 1 heterocycles. The van der Waals surface area contributed by atoms with Crippen LogP contribution < -0.4 is 5.73 Å². The number of nitrogens with zero attached hydrogens (tertiary/aromatic N) is 5. The summed E-state index contributed by atoms with van der Waals surface area (Å²) in [5.74, 6) is 1.48. The molecule has 0 unspecified atom stereocenters. The van der Waals surface area contributed by atoms with Crippen LogP contribution in [0.15, 0.2) is 270 Å². The van der Waals surface area contributed by atoms with Crippen LogP contribution >= 0.6 is 0 Å². The SMILES string of the molecule is C=C(/N=C(\N=C(/N)c1ccccc1)c1ccc(-c2ccc3c4ccc(-c5ccc(C(=C)/N=C(\N=C(/C)c6ccccc6)c6ccccc6)cc5)cc4n(-c4ccccc4)c3c2)cc1)c1ccccc1. The number of benzene rings is 9. The maximum absolute atomic E-state index is 6.56. The maximum atomic E-state index is 6.56. The predicted octanol–water partition coefficient (Wildman–Crippen LogP) is 14.9. The van der Waals surface area contributed by atoms with Crippen LogP contribution in [0.3, 0.4) is 0 Å². The molecule has 6 heteroatoms. The standard InChI is InChI=1S/C63H48N6/c1-43(46-19-9-4-10-20-46)65-62(52-25-15-7-16-26-52)66-45(3)48-29-31-49(32-30-48)54-37-39-57-58-40-38-55(42-60(58)69(59(57)41-54)56-27-17-8-18-28-56)50-33-35-53(36-34-50)63(67-44(2)47-21-11-5-12-22-47)68-61(64)51-23-13-6-14-24-51/h4-42H,2-3H2,1H3,(H2,64,67,68)/b65-43+,66-62-. The molecule has 0 spiro atoms. The van der Waals surface area contributed by atoms with Crippen LogP contribution in [-0.2, 0) is 0 Å². The fourth-order valence-electron chi connectivity index (χ4n) is 8.50. The van der Waals surface area contributed by atoms with Crippen molar-refractivity contribution in [1.82, 2.24) is 4.57 Å². The van der Waals surface area contributed by atoms with E-state index in [-0.39, 0.29) is 0 Å². The second kappa shape index (κ2) is 19.7. The highest BCUT2D eigenvalue weighted by Gasteiger charge is 2.16. The third-order valence-electron chi connectivity index (χ3n) is 12.2. The van der Waals surface area contributed by atoms with Crippen LogP contribution in [0, 0.1) is 0 Å². The molecule has 6 nitrogen and oxygen atoms in total. The molecule has 2 N–H and O–H groups in total. The first-order valence-corrected chi connectivity index (χ1v) is 22.9. The molecule has 0 fully saturated rings. The molecule has 330 valence electrons. The van der Waals surface area contributed by atoms with E-state index in [0.29, 0.717) is 28.9 Å². The highest BCUT2D eigenvalue weighted by Crippen LogP contribution is 2.37. The lowest BCUT2D eigenvalue weighted by Crippen LogP contribution is -2.16. The minimum atomic E-state index is 0.378. The van der Waals surface area contributed by atoms with Crippen molar-refractivity contribution < 1.29 is 0 Å². The highest BCUT2D eigenvalue weighted by molar-refractivity contribution is 6.14. The number of aromatic nitrogens is 1. The minimum absolute atomic E-state index is 0.378. The van der Waals surface area contributed by atoms with E-state index in [1.54, 1.807) is 0 Å². The van der Waals surface area contributed by atoms with Crippen LogP contribution in [-0.4, -0.2) is 27.8 Å². The topological polar surface area (TPSA) is 80.4 Å². The third-order valence-corrected chi connectivity index (χ3v) is 12.2. The van der Waals surface area contributed by atoms with E-state index in [1.165, 1.54) is 10.8 Å². The Labute approximate surface area is 402 Å². The maximum Gasteiger partial charge on any atom is 0.162 e. The summed E-state index contributed by atoms with van der Waals surface area (Å²) in [5.41, 5.74) is 21.8. The number of amidine groups is 3. The first kappa shape index (κ1) is 43.6. The number of aliphatic imine (C=N–C) groups is 4.